The molecule has 38 heavy (non-hydrogen) atoms. The normalized spacial score (nSPS) is 13.6. The Kier molecular flexibility index (Phi) is 6.59. The zero-order valence-electron chi connectivity index (χ0n) is 20.0. The Hall–Kier alpha value is -4.12. The van der Waals surface area contributed by atoms with Crippen molar-refractivity contribution in [1.82, 2.24) is 35.0 Å². The average molecular weight is 546 g/mol. The summed E-state index contributed by atoms with van der Waals surface area (Å²) >= 11 is 12.8. The molecule has 0 radical (unpaired) electrons. The van der Waals surface area contributed by atoms with Crippen LogP contribution in [0, 0.1) is 0 Å². The van der Waals surface area contributed by atoms with Gasteiger partial charge in [0.15, 0.2) is 0 Å². The van der Waals surface area contributed by atoms with Crippen LogP contribution in [0.5, 0.6) is 0 Å². The maximum atomic E-state index is 13.5. The van der Waals surface area contributed by atoms with Crippen LogP contribution >= 0.6 is 23.2 Å². The van der Waals surface area contributed by atoms with Crippen molar-refractivity contribution < 1.29 is 0 Å². The molecular formula is C26H21Cl2N9O. The zero-order chi connectivity index (χ0) is 26.1. The number of hydrogen-bond donors (Lipinski definition) is 2. The minimum Gasteiger partial charge on any atom is -0.369 e. The number of nitrogens with one attached hydrogen (secondary N) is 2. The minimum absolute atomic E-state index is 0.233. The average Bonchev–Trinajstić information content (AvgIpc) is 2.95. The number of aromatic nitrogens is 6. The smallest absolute Gasteiger partial charge is 0.282 e. The summed E-state index contributed by atoms with van der Waals surface area (Å²) in [5.74, 6) is 0.312. The van der Waals surface area contributed by atoms with E-state index in [4.69, 9.17) is 23.2 Å². The van der Waals surface area contributed by atoms with E-state index in [-0.39, 0.29) is 21.1 Å². The van der Waals surface area contributed by atoms with E-state index in [9.17, 15) is 4.79 Å². The second kappa shape index (κ2) is 10.3. The predicted molar refractivity (Wildman–Crippen MR) is 149 cm³/mol. The van der Waals surface area contributed by atoms with E-state index in [2.05, 4.69) is 52.7 Å². The van der Waals surface area contributed by atoms with E-state index in [0.29, 0.717) is 22.9 Å². The van der Waals surface area contributed by atoms with Crippen LogP contribution in [0.4, 0.5) is 17.3 Å². The van der Waals surface area contributed by atoms with Crippen LogP contribution in [-0.4, -0.2) is 55.9 Å². The third-order valence-electron chi connectivity index (χ3n) is 6.20. The molecule has 1 saturated heterocycles. The summed E-state index contributed by atoms with van der Waals surface area (Å²) in [5.41, 5.74) is 2.86. The summed E-state index contributed by atoms with van der Waals surface area (Å²) in [5, 5.41) is 11.9. The van der Waals surface area contributed by atoms with Gasteiger partial charge in [0.05, 0.1) is 21.6 Å². The molecule has 1 fully saturated rings. The first-order chi connectivity index (χ1) is 18.6. The molecule has 1 aliphatic heterocycles. The minimum atomic E-state index is -0.463. The number of piperazine rings is 1. The van der Waals surface area contributed by atoms with Gasteiger partial charge in [-0.15, -0.1) is 0 Å². The number of para-hydroxylation sites is 1. The molecule has 5 aromatic rings. The Balaban J connectivity index is 1.43. The number of benzene rings is 2. The summed E-state index contributed by atoms with van der Waals surface area (Å²) in [7, 11) is 0. The fourth-order valence-electron chi connectivity index (χ4n) is 4.33. The molecule has 12 heteroatoms. The summed E-state index contributed by atoms with van der Waals surface area (Å²) in [6.45, 7) is 3.88. The van der Waals surface area contributed by atoms with E-state index < -0.39 is 5.56 Å². The lowest BCUT2D eigenvalue weighted by molar-refractivity contribution is 0.589. The highest BCUT2D eigenvalue weighted by atomic mass is 35.5. The van der Waals surface area contributed by atoms with Gasteiger partial charge in [0.25, 0.3) is 5.56 Å². The van der Waals surface area contributed by atoms with E-state index in [1.807, 2.05) is 12.1 Å². The molecule has 0 spiro atoms. The summed E-state index contributed by atoms with van der Waals surface area (Å²) in [4.78, 5) is 33.4. The highest BCUT2D eigenvalue weighted by molar-refractivity contribution is 6.37. The van der Waals surface area contributed by atoms with Crippen LogP contribution in [0.3, 0.4) is 0 Å². The first-order valence-corrected chi connectivity index (χ1v) is 12.7. The largest absolute Gasteiger partial charge is 0.369 e. The molecule has 0 aliphatic carbocycles. The molecule has 1 aliphatic rings. The molecule has 4 heterocycles. The van der Waals surface area contributed by atoms with E-state index in [0.717, 1.165) is 42.2 Å². The van der Waals surface area contributed by atoms with E-state index in [1.54, 1.807) is 36.8 Å². The molecule has 0 unspecified atom stereocenters. The van der Waals surface area contributed by atoms with Gasteiger partial charge in [-0.2, -0.15) is 9.78 Å². The van der Waals surface area contributed by atoms with E-state index >= 15 is 0 Å². The highest BCUT2D eigenvalue weighted by Gasteiger charge is 2.20. The predicted octanol–water partition coefficient (Wildman–Crippen LogP) is 4.09. The quantitative estimate of drug-likeness (QED) is 0.337. The third-order valence-corrected chi connectivity index (χ3v) is 6.81. The van der Waals surface area contributed by atoms with Crippen molar-refractivity contribution in [3.05, 3.63) is 87.7 Å². The van der Waals surface area contributed by atoms with Crippen molar-refractivity contribution in [3.8, 4) is 17.1 Å². The van der Waals surface area contributed by atoms with Gasteiger partial charge >= 0.3 is 0 Å². The number of rotatable bonds is 5. The second-order valence-corrected chi connectivity index (χ2v) is 9.41. The first kappa shape index (κ1) is 24.2. The maximum Gasteiger partial charge on any atom is 0.282 e. The van der Waals surface area contributed by atoms with Crippen molar-refractivity contribution in [1.29, 1.82) is 0 Å². The lowest BCUT2D eigenvalue weighted by Crippen LogP contribution is -2.43. The fourth-order valence-corrected chi connectivity index (χ4v) is 4.89. The molecule has 0 bridgehead atoms. The Morgan fingerprint density at radius 2 is 1.68 bits per heavy atom. The summed E-state index contributed by atoms with van der Waals surface area (Å²) < 4.78 is 1.16. The number of hydrogen-bond acceptors (Lipinski definition) is 9. The van der Waals surface area contributed by atoms with Gasteiger partial charge in [-0.25, -0.2) is 9.97 Å². The van der Waals surface area contributed by atoms with Crippen molar-refractivity contribution >= 4 is 51.4 Å². The topological polar surface area (TPSA) is 114 Å². The van der Waals surface area contributed by atoms with Gasteiger partial charge in [0, 0.05) is 56.1 Å². The molecule has 10 nitrogen and oxygen atoms in total. The standard InChI is InChI=1S/C26H21Cl2N9O/c27-19-2-1-3-20(28)24(19)37-25(38)18-14-32-26(34-22(18)23(35-37)21-15-30-8-9-31-21)33-16-4-6-17(7-5-16)36-12-10-29-11-13-36/h1-9,14-15,29H,10-13H2,(H,32,33,34). The molecule has 2 N–H and O–H groups in total. The van der Waals surface area contributed by atoms with Gasteiger partial charge < -0.3 is 15.5 Å². The van der Waals surface area contributed by atoms with Crippen LogP contribution in [0.2, 0.25) is 10.0 Å². The van der Waals surface area contributed by atoms with Gasteiger partial charge in [0.1, 0.15) is 22.6 Å². The third kappa shape index (κ3) is 4.65. The summed E-state index contributed by atoms with van der Waals surface area (Å²) in [6.07, 6.45) is 6.11. The first-order valence-electron chi connectivity index (χ1n) is 11.9. The molecule has 3 aromatic heterocycles. The van der Waals surface area contributed by atoms with Crippen molar-refractivity contribution in [3.63, 3.8) is 0 Å². The molecule has 2 aromatic carbocycles. The number of nitrogens with zero attached hydrogens (tertiary/aromatic N) is 7. The Labute approximate surface area is 227 Å². The van der Waals surface area contributed by atoms with Gasteiger partial charge in [-0.1, -0.05) is 29.3 Å². The van der Waals surface area contributed by atoms with Gasteiger partial charge in [-0.05, 0) is 36.4 Å². The lowest BCUT2D eigenvalue weighted by atomic mass is 10.2. The van der Waals surface area contributed by atoms with Crippen LogP contribution in [0.1, 0.15) is 0 Å². The fraction of sp³-hybridized carbons (Fsp3) is 0.154. The van der Waals surface area contributed by atoms with Gasteiger partial charge in [-0.3, -0.25) is 14.8 Å². The van der Waals surface area contributed by atoms with Gasteiger partial charge in [0.2, 0.25) is 5.95 Å². The lowest BCUT2D eigenvalue weighted by Gasteiger charge is -2.29. The number of anilines is 3. The van der Waals surface area contributed by atoms with Crippen LogP contribution < -0.4 is 21.1 Å². The van der Waals surface area contributed by atoms with Crippen LogP contribution in [0.15, 0.2) is 72.0 Å². The van der Waals surface area contributed by atoms with Crippen LogP contribution in [-0.2, 0) is 0 Å². The molecule has 0 amide bonds. The molecular weight excluding hydrogens is 525 g/mol. The number of fused-ring (bicyclic) bond motifs is 1. The molecule has 6 rings (SSSR count). The maximum absolute atomic E-state index is 13.5. The molecule has 0 saturated carbocycles. The van der Waals surface area contributed by atoms with Crippen molar-refractivity contribution in [2.24, 2.45) is 0 Å². The highest BCUT2D eigenvalue weighted by Crippen LogP contribution is 2.29. The zero-order valence-corrected chi connectivity index (χ0v) is 21.5. The molecule has 190 valence electrons. The SMILES string of the molecule is O=c1c2cnc(Nc3ccc(N4CCNCC4)cc3)nc2c(-c2cnccn2)nn1-c1c(Cl)cccc1Cl. The monoisotopic (exact) mass is 545 g/mol. The van der Waals surface area contributed by atoms with Crippen molar-refractivity contribution in [2.75, 3.05) is 36.4 Å². The van der Waals surface area contributed by atoms with Crippen molar-refractivity contribution in [2.45, 2.75) is 0 Å². The molecule has 0 atom stereocenters. The Morgan fingerprint density at radius 3 is 2.39 bits per heavy atom. The second-order valence-electron chi connectivity index (χ2n) is 8.59. The van der Waals surface area contributed by atoms with Crippen LogP contribution in [0.25, 0.3) is 28.0 Å². The Bertz CT molecular complexity index is 1650. The number of halogens is 2. The summed E-state index contributed by atoms with van der Waals surface area (Å²) in [6, 6.07) is 13.1. The Morgan fingerprint density at radius 1 is 0.921 bits per heavy atom. The van der Waals surface area contributed by atoms with E-state index in [1.165, 1.54) is 6.20 Å².